The van der Waals surface area contributed by atoms with Crippen LogP contribution in [0, 0.1) is 0 Å². The molecule has 0 aliphatic heterocycles. The third-order valence-electron chi connectivity index (χ3n) is 2.89. The molecular formula is C14H29NO2. The summed E-state index contributed by atoms with van der Waals surface area (Å²) in [7, 11) is 1.75. The zero-order chi connectivity index (χ0) is 13.3. The minimum absolute atomic E-state index is 0.239. The summed E-state index contributed by atoms with van der Waals surface area (Å²) in [6, 6.07) is 0.461. The number of rotatable bonds is 9. The van der Waals surface area contributed by atoms with E-state index >= 15 is 0 Å². The maximum absolute atomic E-state index is 8.97. The molecule has 0 radical (unpaired) electrons. The largest absolute Gasteiger partial charge is 0.396 e. The molecular weight excluding hydrogens is 214 g/mol. The molecule has 0 amide bonds. The van der Waals surface area contributed by atoms with Crippen molar-refractivity contribution in [2.24, 2.45) is 0 Å². The lowest BCUT2D eigenvalue weighted by molar-refractivity contribution is 0.107. The van der Waals surface area contributed by atoms with Crippen LogP contribution in [0.25, 0.3) is 0 Å². The van der Waals surface area contributed by atoms with Crippen molar-refractivity contribution in [1.29, 1.82) is 0 Å². The number of methoxy groups -OCH3 is 1. The summed E-state index contributed by atoms with van der Waals surface area (Å²) >= 11 is 0. The van der Waals surface area contributed by atoms with E-state index in [0.29, 0.717) is 6.04 Å². The molecule has 0 rings (SSSR count). The molecule has 0 aromatic carbocycles. The lowest BCUT2D eigenvalue weighted by Gasteiger charge is -2.32. The number of ether oxygens (including phenoxy) is 1. The van der Waals surface area contributed by atoms with Gasteiger partial charge in [-0.25, -0.2) is 0 Å². The van der Waals surface area contributed by atoms with E-state index in [0.717, 1.165) is 25.8 Å². The van der Waals surface area contributed by atoms with Gasteiger partial charge in [0.1, 0.15) is 0 Å². The molecule has 3 heteroatoms. The van der Waals surface area contributed by atoms with Gasteiger partial charge in [0.05, 0.1) is 6.10 Å². The Hall–Kier alpha value is -0.540. The van der Waals surface area contributed by atoms with Crippen LogP contribution in [0.2, 0.25) is 0 Å². The quantitative estimate of drug-likeness (QED) is 0.676. The van der Waals surface area contributed by atoms with Crippen LogP contribution in [0.3, 0.4) is 0 Å². The number of aliphatic hydroxyl groups is 1. The topological polar surface area (TPSA) is 32.7 Å². The lowest BCUT2D eigenvalue weighted by atomic mass is 10.1. The van der Waals surface area contributed by atoms with E-state index < -0.39 is 0 Å². The maximum atomic E-state index is 8.97. The highest BCUT2D eigenvalue weighted by Crippen LogP contribution is 2.17. The monoisotopic (exact) mass is 243 g/mol. The fourth-order valence-corrected chi connectivity index (χ4v) is 1.91. The van der Waals surface area contributed by atoms with Crippen LogP contribution in [0.1, 0.15) is 47.0 Å². The molecule has 0 heterocycles. The van der Waals surface area contributed by atoms with Crippen LogP contribution in [0.15, 0.2) is 11.8 Å². The molecule has 0 aromatic heterocycles. The Bertz CT molecular complexity index is 214. The molecule has 0 spiro atoms. The Kier molecular flexibility index (Phi) is 9.18. The van der Waals surface area contributed by atoms with Crippen LogP contribution in [0.5, 0.6) is 0 Å². The first-order valence-corrected chi connectivity index (χ1v) is 6.66. The smallest absolute Gasteiger partial charge is 0.0597 e. The zero-order valence-electron chi connectivity index (χ0n) is 12.1. The fraction of sp³-hybridized carbons (Fsp3) is 0.857. The Morgan fingerprint density at radius 2 is 2.00 bits per heavy atom. The molecule has 17 heavy (non-hydrogen) atoms. The van der Waals surface area contributed by atoms with E-state index in [2.05, 4.69) is 38.7 Å². The summed E-state index contributed by atoms with van der Waals surface area (Å²) in [6.45, 7) is 9.80. The second kappa shape index (κ2) is 9.49. The van der Waals surface area contributed by atoms with Gasteiger partial charge in [-0.3, -0.25) is 0 Å². The molecule has 0 bridgehead atoms. The molecule has 0 saturated heterocycles. The first-order chi connectivity index (χ1) is 8.06. The minimum atomic E-state index is 0.239. The van der Waals surface area contributed by atoms with E-state index in [-0.39, 0.29) is 12.7 Å². The van der Waals surface area contributed by atoms with Crippen LogP contribution in [-0.4, -0.2) is 42.4 Å². The lowest BCUT2D eigenvalue weighted by Crippen LogP contribution is -2.33. The molecule has 1 N–H and O–H groups in total. The second-order valence-electron chi connectivity index (χ2n) is 4.72. The summed E-state index contributed by atoms with van der Waals surface area (Å²) in [4.78, 5) is 2.37. The highest BCUT2D eigenvalue weighted by Gasteiger charge is 2.15. The number of nitrogens with zero attached hydrogens (tertiary/aromatic N) is 1. The van der Waals surface area contributed by atoms with Gasteiger partial charge >= 0.3 is 0 Å². The molecule has 1 atom stereocenters. The van der Waals surface area contributed by atoms with E-state index in [1.807, 2.05) is 0 Å². The van der Waals surface area contributed by atoms with Gasteiger partial charge in [-0.15, -0.1) is 0 Å². The summed E-state index contributed by atoms with van der Waals surface area (Å²) in [5.41, 5.74) is 1.34. The van der Waals surface area contributed by atoms with Gasteiger partial charge in [0.25, 0.3) is 0 Å². The van der Waals surface area contributed by atoms with E-state index in [9.17, 15) is 0 Å². The normalized spacial score (nSPS) is 14.2. The Morgan fingerprint density at radius 1 is 1.35 bits per heavy atom. The average molecular weight is 243 g/mol. The SMILES string of the molecule is CC/C=C(\CC(C)OC)N(CCCO)C(C)C. The molecule has 0 aliphatic carbocycles. The standard InChI is InChI=1S/C14H29NO2/c1-6-8-14(11-13(4)17-5)15(12(2)3)9-7-10-16/h8,12-13,16H,6-7,9-11H2,1-5H3/b14-8+. The third kappa shape index (κ3) is 6.69. The van der Waals surface area contributed by atoms with Crippen molar-refractivity contribution in [3.05, 3.63) is 11.8 Å². The van der Waals surface area contributed by atoms with Gasteiger partial charge in [0.15, 0.2) is 0 Å². The van der Waals surface area contributed by atoms with Gasteiger partial charge in [-0.2, -0.15) is 0 Å². The summed E-state index contributed by atoms with van der Waals surface area (Å²) < 4.78 is 5.34. The predicted octanol–water partition coefficient (Wildman–Crippen LogP) is 2.80. The van der Waals surface area contributed by atoms with Gasteiger partial charge < -0.3 is 14.7 Å². The molecule has 0 aromatic rings. The van der Waals surface area contributed by atoms with Crippen LogP contribution >= 0.6 is 0 Å². The molecule has 3 nitrogen and oxygen atoms in total. The predicted molar refractivity (Wildman–Crippen MR) is 73.0 cm³/mol. The number of hydrogen-bond donors (Lipinski definition) is 1. The first kappa shape index (κ1) is 16.5. The van der Waals surface area contributed by atoms with Crippen LogP contribution < -0.4 is 0 Å². The zero-order valence-corrected chi connectivity index (χ0v) is 12.1. The van der Waals surface area contributed by atoms with Gasteiger partial charge in [0, 0.05) is 38.4 Å². The van der Waals surface area contributed by atoms with Crippen LogP contribution in [0.4, 0.5) is 0 Å². The van der Waals surface area contributed by atoms with Gasteiger partial charge in [-0.1, -0.05) is 13.0 Å². The van der Waals surface area contributed by atoms with Crippen molar-refractivity contribution in [3.8, 4) is 0 Å². The third-order valence-corrected chi connectivity index (χ3v) is 2.89. The molecule has 0 aliphatic rings. The Morgan fingerprint density at radius 3 is 2.41 bits per heavy atom. The van der Waals surface area contributed by atoms with E-state index in [1.54, 1.807) is 7.11 Å². The number of hydrogen-bond acceptors (Lipinski definition) is 3. The minimum Gasteiger partial charge on any atom is -0.396 e. The fourth-order valence-electron chi connectivity index (χ4n) is 1.91. The number of allylic oxidation sites excluding steroid dienone is 1. The highest BCUT2D eigenvalue weighted by molar-refractivity contribution is 5.03. The molecule has 0 fully saturated rings. The van der Waals surface area contributed by atoms with E-state index in [4.69, 9.17) is 9.84 Å². The summed E-state index contributed by atoms with van der Waals surface area (Å²) in [6.07, 6.45) is 5.30. The average Bonchev–Trinajstić information content (AvgIpc) is 2.29. The Balaban J connectivity index is 4.65. The van der Waals surface area contributed by atoms with Crippen molar-refractivity contribution in [2.75, 3.05) is 20.3 Å². The highest BCUT2D eigenvalue weighted by atomic mass is 16.5. The van der Waals surface area contributed by atoms with Crippen molar-refractivity contribution in [3.63, 3.8) is 0 Å². The van der Waals surface area contributed by atoms with Crippen molar-refractivity contribution >= 4 is 0 Å². The molecule has 0 saturated carbocycles. The van der Waals surface area contributed by atoms with Gasteiger partial charge in [0.2, 0.25) is 0 Å². The second-order valence-corrected chi connectivity index (χ2v) is 4.72. The summed E-state index contributed by atoms with van der Waals surface area (Å²) in [5, 5.41) is 8.97. The Labute approximate surface area is 106 Å². The van der Waals surface area contributed by atoms with Crippen molar-refractivity contribution in [1.82, 2.24) is 4.90 Å². The maximum Gasteiger partial charge on any atom is 0.0597 e. The van der Waals surface area contributed by atoms with Crippen molar-refractivity contribution < 1.29 is 9.84 Å². The number of aliphatic hydroxyl groups excluding tert-OH is 1. The van der Waals surface area contributed by atoms with E-state index in [1.165, 1.54) is 5.70 Å². The van der Waals surface area contributed by atoms with Crippen molar-refractivity contribution in [2.45, 2.75) is 59.1 Å². The molecule has 1 unspecified atom stereocenters. The molecule has 102 valence electrons. The first-order valence-electron chi connectivity index (χ1n) is 6.66. The summed E-state index contributed by atoms with van der Waals surface area (Å²) in [5.74, 6) is 0. The van der Waals surface area contributed by atoms with Crippen LogP contribution in [-0.2, 0) is 4.74 Å². The van der Waals surface area contributed by atoms with Gasteiger partial charge in [-0.05, 0) is 33.6 Å².